The van der Waals surface area contributed by atoms with Crippen LogP contribution in [0, 0.1) is 6.92 Å². The molecule has 2 aromatic rings. The molecule has 1 aliphatic heterocycles. The van der Waals surface area contributed by atoms with E-state index < -0.39 is 0 Å². The number of aromatic nitrogens is 2. The Morgan fingerprint density at radius 2 is 1.83 bits per heavy atom. The van der Waals surface area contributed by atoms with E-state index in [1.54, 1.807) is 0 Å². The summed E-state index contributed by atoms with van der Waals surface area (Å²) in [5.41, 5.74) is 4.24. The van der Waals surface area contributed by atoms with Crippen LogP contribution in [0.25, 0.3) is 0 Å². The number of rotatable bonds is 8. The summed E-state index contributed by atoms with van der Waals surface area (Å²) in [4.78, 5) is 24.4. The molecule has 1 aromatic heterocycles. The summed E-state index contributed by atoms with van der Waals surface area (Å²) in [6.45, 7) is 10.7. The minimum absolute atomic E-state index is 0.181. The Labute approximate surface area is 188 Å². The van der Waals surface area contributed by atoms with Crippen molar-refractivity contribution in [2.45, 2.75) is 85.1 Å². The number of hydrogen-bond donors (Lipinski definition) is 1. The summed E-state index contributed by atoms with van der Waals surface area (Å²) in [6.07, 6.45) is 5.34. The average molecular weight is 473 g/mol. The number of benzene rings is 1. The van der Waals surface area contributed by atoms with Gasteiger partial charge in [-0.1, -0.05) is 46.6 Å². The molecule has 5 nitrogen and oxygen atoms in total. The summed E-state index contributed by atoms with van der Waals surface area (Å²) in [6, 6.07) is 6.51. The van der Waals surface area contributed by atoms with Crippen molar-refractivity contribution in [3.05, 3.63) is 39.5 Å². The highest BCUT2D eigenvalue weighted by molar-refractivity contribution is 9.10. The van der Waals surface area contributed by atoms with E-state index in [1.807, 2.05) is 11.8 Å². The van der Waals surface area contributed by atoms with Gasteiger partial charge in [-0.2, -0.15) is 4.98 Å². The van der Waals surface area contributed by atoms with Gasteiger partial charge in [0.05, 0.1) is 5.69 Å². The first-order valence-electron chi connectivity index (χ1n) is 11.1. The van der Waals surface area contributed by atoms with E-state index in [4.69, 9.17) is 9.97 Å². The molecule has 1 aliphatic rings. The SMILES string of the molecule is CCCC(CCC)N1C(=O)CCc2c(C)nc(Nc3ccc(C(C)C)cc3Br)nc21. The maximum absolute atomic E-state index is 12.9. The number of aryl methyl sites for hydroxylation is 1. The lowest BCUT2D eigenvalue weighted by Crippen LogP contribution is -2.44. The first-order valence-corrected chi connectivity index (χ1v) is 11.9. The van der Waals surface area contributed by atoms with Gasteiger partial charge < -0.3 is 5.32 Å². The van der Waals surface area contributed by atoms with Crippen molar-refractivity contribution in [3.63, 3.8) is 0 Å². The number of carbonyl (C=O) groups excluding carboxylic acids is 1. The van der Waals surface area contributed by atoms with Gasteiger partial charge >= 0.3 is 0 Å². The standard InChI is InChI=1S/C24H33BrN4O/c1-6-8-18(9-7-2)29-22(30)13-11-19-16(5)26-24(28-23(19)29)27-21-12-10-17(15(3)4)14-20(21)25/h10,12,14-15,18H,6-9,11,13H2,1-5H3,(H,26,27,28). The zero-order valence-electron chi connectivity index (χ0n) is 18.8. The molecule has 6 heteroatoms. The molecule has 2 heterocycles. The third-order valence-electron chi connectivity index (χ3n) is 5.79. The van der Waals surface area contributed by atoms with E-state index in [2.05, 4.69) is 67.1 Å². The Morgan fingerprint density at radius 3 is 2.43 bits per heavy atom. The molecule has 1 aromatic carbocycles. The van der Waals surface area contributed by atoms with Gasteiger partial charge in [-0.3, -0.25) is 9.69 Å². The zero-order valence-corrected chi connectivity index (χ0v) is 20.3. The molecule has 0 unspecified atom stereocenters. The van der Waals surface area contributed by atoms with Crippen molar-refractivity contribution in [3.8, 4) is 0 Å². The van der Waals surface area contributed by atoms with Gasteiger partial charge in [0.2, 0.25) is 11.9 Å². The third kappa shape index (κ3) is 4.85. The maximum Gasteiger partial charge on any atom is 0.229 e. The van der Waals surface area contributed by atoms with Gasteiger partial charge in [0.15, 0.2) is 0 Å². The number of halogens is 1. The number of fused-ring (bicyclic) bond motifs is 1. The van der Waals surface area contributed by atoms with Gasteiger partial charge in [-0.15, -0.1) is 0 Å². The van der Waals surface area contributed by atoms with Crippen molar-refractivity contribution in [2.75, 3.05) is 10.2 Å². The molecule has 1 amide bonds. The molecule has 0 saturated carbocycles. The van der Waals surface area contributed by atoms with Crippen LogP contribution in [0.4, 0.5) is 17.5 Å². The highest BCUT2D eigenvalue weighted by atomic mass is 79.9. The first kappa shape index (κ1) is 22.7. The number of carbonyl (C=O) groups is 1. The number of amides is 1. The third-order valence-corrected chi connectivity index (χ3v) is 6.45. The first-order chi connectivity index (χ1) is 14.3. The van der Waals surface area contributed by atoms with Crippen LogP contribution in [0.15, 0.2) is 22.7 Å². The Balaban J connectivity index is 1.98. The fourth-order valence-electron chi connectivity index (χ4n) is 4.16. The summed E-state index contributed by atoms with van der Waals surface area (Å²) >= 11 is 3.67. The largest absolute Gasteiger partial charge is 0.323 e. The quantitative estimate of drug-likeness (QED) is 0.466. The van der Waals surface area contributed by atoms with Crippen LogP contribution >= 0.6 is 15.9 Å². The molecule has 0 aliphatic carbocycles. The molecule has 0 radical (unpaired) electrons. The van der Waals surface area contributed by atoms with Crippen LogP contribution in [0.2, 0.25) is 0 Å². The van der Waals surface area contributed by atoms with Crippen LogP contribution < -0.4 is 10.2 Å². The summed E-state index contributed by atoms with van der Waals surface area (Å²) in [5.74, 6) is 1.98. The van der Waals surface area contributed by atoms with E-state index in [-0.39, 0.29) is 11.9 Å². The van der Waals surface area contributed by atoms with E-state index in [9.17, 15) is 4.79 Å². The van der Waals surface area contributed by atoms with E-state index in [1.165, 1.54) is 5.56 Å². The Kier molecular flexibility index (Phi) is 7.50. The molecule has 0 spiro atoms. The average Bonchev–Trinajstić information content (AvgIpc) is 2.69. The fourth-order valence-corrected chi connectivity index (χ4v) is 4.65. The predicted molar refractivity (Wildman–Crippen MR) is 128 cm³/mol. The van der Waals surface area contributed by atoms with Crippen LogP contribution in [-0.2, 0) is 11.2 Å². The number of nitrogens with zero attached hydrogens (tertiary/aromatic N) is 3. The van der Waals surface area contributed by atoms with Crippen LogP contribution in [0.5, 0.6) is 0 Å². The minimum atomic E-state index is 0.181. The van der Waals surface area contributed by atoms with Crippen LogP contribution in [-0.4, -0.2) is 21.9 Å². The van der Waals surface area contributed by atoms with Crippen LogP contribution in [0.3, 0.4) is 0 Å². The lowest BCUT2D eigenvalue weighted by molar-refractivity contribution is -0.119. The molecule has 0 atom stereocenters. The van der Waals surface area contributed by atoms with Crippen molar-refractivity contribution in [2.24, 2.45) is 0 Å². The van der Waals surface area contributed by atoms with Crippen molar-refractivity contribution < 1.29 is 4.79 Å². The van der Waals surface area contributed by atoms with Crippen molar-refractivity contribution in [1.29, 1.82) is 0 Å². The van der Waals surface area contributed by atoms with Crippen LogP contribution in [0.1, 0.15) is 82.5 Å². The number of hydrogen-bond acceptors (Lipinski definition) is 4. The lowest BCUT2D eigenvalue weighted by Gasteiger charge is -2.35. The van der Waals surface area contributed by atoms with Gasteiger partial charge in [-0.05, 0) is 65.7 Å². The molecule has 1 N–H and O–H groups in total. The molecule has 0 fully saturated rings. The predicted octanol–water partition coefficient (Wildman–Crippen LogP) is 6.66. The van der Waals surface area contributed by atoms with Gasteiger partial charge in [0, 0.05) is 28.2 Å². The molecule has 30 heavy (non-hydrogen) atoms. The minimum Gasteiger partial charge on any atom is -0.323 e. The smallest absolute Gasteiger partial charge is 0.229 e. The summed E-state index contributed by atoms with van der Waals surface area (Å²) in [5, 5.41) is 3.36. The Bertz CT molecular complexity index is 906. The highest BCUT2D eigenvalue weighted by Gasteiger charge is 2.32. The second-order valence-corrected chi connectivity index (χ2v) is 9.30. The van der Waals surface area contributed by atoms with Crippen molar-refractivity contribution in [1.82, 2.24) is 9.97 Å². The van der Waals surface area contributed by atoms with Gasteiger partial charge in [0.1, 0.15) is 5.82 Å². The molecule has 0 saturated heterocycles. The molecular weight excluding hydrogens is 440 g/mol. The van der Waals surface area contributed by atoms with E-state index in [0.29, 0.717) is 24.7 Å². The monoisotopic (exact) mass is 472 g/mol. The highest BCUT2D eigenvalue weighted by Crippen LogP contribution is 2.34. The van der Waals surface area contributed by atoms with E-state index >= 15 is 0 Å². The summed E-state index contributed by atoms with van der Waals surface area (Å²) in [7, 11) is 0. The van der Waals surface area contributed by atoms with Crippen molar-refractivity contribution >= 4 is 39.3 Å². The summed E-state index contributed by atoms with van der Waals surface area (Å²) < 4.78 is 0.982. The molecule has 162 valence electrons. The maximum atomic E-state index is 12.9. The molecular formula is C24H33BrN4O. The van der Waals surface area contributed by atoms with Gasteiger partial charge in [-0.25, -0.2) is 4.98 Å². The molecule has 3 rings (SSSR count). The number of anilines is 3. The topological polar surface area (TPSA) is 58.1 Å². The Morgan fingerprint density at radius 1 is 1.13 bits per heavy atom. The normalized spacial score (nSPS) is 13.9. The second-order valence-electron chi connectivity index (χ2n) is 8.45. The van der Waals surface area contributed by atoms with E-state index in [0.717, 1.165) is 52.9 Å². The fraction of sp³-hybridized carbons (Fsp3) is 0.542. The lowest BCUT2D eigenvalue weighted by atomic mass is 9.98. The Hall–Kier alpha value is -1.95. The second kappa shape index (κ2) is 9.90. The zero-order chi connectivity index (χ0) is 21.8. The molecule has 0 bridgehead atoms. The van der Waals surface area contributed by atoms with Gasteiger partial charge in [0.25, 0.3) is 0 Å². The number of nitrogens with one attached hydrogen (secondary N) is 1.